The van der Waals surface area contributed by atoms with Crippen LogP contribution in [0.5, 0.6) is 0 Å². The van der Waals surface area contributed by atoms with E-state index >= 15 is 0 Å². The molecule has 1 unspecified atom stereocenters. The maximum Gasteiger partial charge on any atom is 0.237 e. The number of carbonyl (C=O) groups excluding carboxylic acids is 1. The van der Waals surface area contributed by atoms with Crippen LogP contribution in [-0.4, -0.2) is 43.5 Å². The van der Waals surface area contributed by atoms with Crippen LogP contribution < -0.4 is 11.1 Å². The molecular formula is C15H25N3O. The van der Waals surface area contributed by atoms with Crippen LogP contribution in [0.2, 0.25) is 0 Å². The molecule has 0 aromatic heterocycles. The monoisotopic (exact) mass is 263 g/mol. The summed E-state index contributed by atoms with van der Waals surface area (Å²) in [7, 11) is 4.01. The molecule has 4 heteroatoms. The van der Waals surface area contributed by atoms with Gasteiger partial charge in [-0.25, -0.2) is 0 Å². The number of likely N-dealkylation sites (N-methyl/N-ethyl adjacent to an activating group) is 1. The van der Waals surface area contributed by atoms with Crippen LogP contribution in [0, 0.1) is 0 Å². The minimum atomic E-state index is -0.647. The van der Waals surface area contributed by atoms with Crippen LogP contribution >= 0.6 is 0 Å². The summed E-state index contributed by atoms with van der Waals surface area (Å²) in [6.07, 6.45) is 1.55. The Morgan fingerprint density at radius 3 is 2.47 bits per heavy atom. The molecule has 0 bridgehead atoms. The van der Waals surface area contributed by atoms with Gasteiger partial charge in [0.25, 0.3) is 0 Å². The standard InChI is InChI=1S/C15H25N3O/c1-15(14(16)19,17-11-12-18(2)3)10-9-13-7-5-4-6-8-13/h4-8,17H,9-12H2,1-3H3,(H2,16,19). The number of aryl methyl sites for hydroxylation is 1. The molecule has 1 aromatic carbocycles. The SMILES string of the molecule is CN(C)CCNC(C)(CCc1ccccc1)C(N)=O. The number of nitrogens with zero attached hydrogens (tertiary/aromatic N) is 1. The van der Waals surface area contributed by atoms with E-state index in [-0.39, 0.29) is 5.91 Å². The first-order chi connectivity index (χ1) is 8.94. The number of amides is 1. The summed E-state index contributed by atoms with van der Waals surface area (Å²) in [6, 6.07) is 10.2. The van der Waals surface area contributed by atoms with Crippen LogP contribution in [-0.2, 0) is 11.2 Å². The Labute approximate surface area is 116 Å². The molecule has 0 aliphatic rings. The van der Waals surface area contributed by atoms with Crippen molar-refractivity contribution in [3.8, 4) is 0 Å². The number of rotatable bonds is 8. The zero-order chi connectivity index (χ0) is 14.3. The molecule has 1 amide bonds. The summed E-state index contributed by atoms with van der Waals surface area (Å²) in [5.41, 5.74) is 6.12. The Balaban J connectivity index is 2.54. The van der Waals surface area contributed by atoms with Crippen molar-refractivity contribution in [3.05, 3.63) is 35.9 Å². The van der Waals surface area contributed by atoms with Gasteiger partial charge in [0.05, 0.1) is 5.54 Å². The topological polar surface area (TPSA) is 58.4 Å². The van der Waals surface area contributed by atoms with Crippen molar-refractivity contribution in [2.24, 2.45) is 5.73 Å². The lowest BCUT2D eigenvalue weighted by Crippen LogP contribution is -2.54. The second-order valence-electron chi connectivity index (χ2n) is 5.41. The molecule has 0 aliphatic heterocycles. The first-order valence-electron chi connectivity index (χ1n) is 6.67. The van der Waals surface area contributed by atoms with E-state index < -0.39 is 5.54 Å². The largest absolute Gasteiger partial charge is 0.368 e. The lowest BCUT2D eigenvalue weighted by molar-refractivity contribution is -0.124. The fourth-order valence-corrected chi connectivity index (χ4v) is 1.89. The van der Waals surface area contributed by atoms with Crippen molar-refractivity contribution < 1.29 is 4.79 Å². The Morgan fingerprint density at radius 1 is 1.32 bits per heavy atom. The van der Waals surface area contributed by atoms with Crippen molar-refractivity contribution in [1.29, 1.82) is 0 Å². The fraction of sp³-hybridized carbons (Fsp3) is 0.533. The van der Waals surface area contributed by atoms with Gasteiger partial charge in [0.15, 0.2) is 0 Å². The highest BCUT2D eigenvalue weighted by molar-refractivity contribution is 5.84. The molecule has 19 heavy (non-hydrogen) atoms. The van der Waals surface area contributed by atoms with Gasteiger partial charge in [-0.15, -0.1) is 0 Å². The highest BCUT2D eigenvalue weighted by Crippen LogP contribution is 2.14. The highest BCUT2D eigenvalue weighted by atomic mass is 16.1. The number of hydrogen-bond acceptors (Lipinski definition) is 3. The van der Waals surface area contributed by atoms with E-state index in [2.05, 4.69) is 22.3 Å². The van der Waals surface area contributed by atoms with E-state index in [0.29, 0.717) is 6.42 Å². The van der Waals surface area contributed by atoms with Crippen molar-refractivity contribution in [1.82, 2.24) is 10.2 Å². The second-order valence-corrected chi connectivity index (χ2v) is 5.41. The van der Waals surface area contributed by atoms with E-state index in [4.69, 9.17) is 5.73 Å². The van der Waals surface area contributed by atoms with Crippen LogP contribution in [0.1, 0.15) is 18.9 Å². The maximum absolute atomic E-state index is 11.7. The summed E-state index contributed by atoms with van der Waals surface area (Å²) < 4.78 is 0. The molecule has 3 N–H and O–H groups in total. The van der Waals surface area contributed by atoms with E-state index in [1.807, 2.05) is 39.2 Å². The zero-order valence-corrected chi connectivity index (χ0v) is 12.1. The number of nitrogens with one attached hydrogen (secondary N) is 1. The number of benzene rings is 1. The van der Waals surface area contributed by atoms with Gasteiger partial charge in [-0.3, -0.25) is 4.79 Å². The van der Waals surface area contributed by atoms with E-state index in [1.54, 1.807) is 0 Å². The molecule has 0 heterocycles. The number of hydrogen-bond donors (Lipinski definition) is 2. The lowest BCUT2D eigenvalue weighted by atomic mass is 9.92. The molecule has 0 fully saturated rings. The van der Waals surface area contributed by atoms with Gasteiger partial charge in [-0.05, 0) is 39.4 Å². The summed E-state index contributed by atoms with van der Waals surface area (Å²) >= 11 is 0. The third kappa shape index (κ3) is 5.41. The minimum absolute atomic E-state index is 0.290. The van der Waals surface area contributed by atoms with E-state index in [1.165, 1.54) is 5.56 Å². The quantitative estimate of drug-likeness (QED) is 0.736. The van der Waals surface area contributed by atoms with Crippen molar-refractivity contribution >= 4 is 5.91 Å². The van der Waals surface area contributed by atoms with Gasteiger partial charge < -0.3 is 16.0 Å². The van der Waals surface area contributed by atoms with Crippen molar-refractivity contribution in [2.75, 3.05) is 27.2 Å². The fourth-order valence-electron chi connectivity index (χ4n) is 1.89. The van der Waals surface area contributed by atoms with E-state index in [9.17, 15) is 4.79 Å². The molecular weight excluding hydrogens is 238 g/mol. The van der Waals surface area contributed by atoms with Gasteiger partial charge in [0.2, 0.25) is 5.91 Å². The third-order valence-corrected chi connectivity index (χ3v) is 3.37. The normalized spacial score (nSPS) is 14.3. The average molecular weight is 263 g/mol. The summed E-state index contributed by atoms with van der Waals surface area (Å²) in [5, 5.41) is 3.28. The van der Waals surface area contributed by atoms with Gasteiger partial charge in [-0.2, -0.15) is 0 Å². The Morgan fingerprint density at radius 2 is 1.95 bits per heavy atom. The first kappa shape index (κ1) is 15.7. The highest BCUT2D eigenvalue weighted by Gasteiger charge is 2.29. The third-order valence-electron chi connectivity index (χ3n) is 3.37. The Hall–Kier alpha value is -1.39. The molecule has 0 saturated carbocycles. The average Bonchev–Trinajstić information content (AvgIpc) is 2.37. The molecule has 0 saturated heterocycles. The molecule has 1 aromatic rings. The van der Waals surface area contributed by atoms with Crippen LogP contribution in [0.3, 0.4) is 0 Å². The van der Waals surface area contributed by atoms with Gasteiger partial charge in [-0.1, -0.05) is 30.3 Å². The summed E-state index contributed by atoms with van der Waals surface area (Å²) in [6.45, 7) is 3.52. The second kappa shape index (κ2) is 7.26. The predicted molar refractivity (Wildman–Crippen MR) is 78.9 cm³/mol. The molecule has 4 nitrogen and oxygen atoms in total. The predicted octanol–water partition coefficient (Wildman–Crippen LogP) is 1.01. The molecule has 1 rings (SSSR count). The lowest BCUT2D eigenvalue weighted by Gasteiger charge is -2.28. The number of carbonyl (C=O) groups is 1. The molecule has 0 spiro atoms. The Bertz CT molecular complexity index is 392. The van der Waals surface area contributed by atoms with Crippen LogP contribution in [0.4, 0.5) is 0 Å². The Kier molecular flexibility index (Phi) is 5.99. The van der Waals surface area contributed by atoms with Crippen molar-refractivity contribution in [3.63, 3.8) is 0 Å². The number of nitrogens with two attached hydrogens (primary N) is 1. The first-order valence-corrected chi connectivity index (χ1v) is 6.67. The summed E-state index contributed by atoms with van der Waals surface area (Å²) in [4.78, 5) is 13.7. The van der Waals surface area contributed by atoms with Gasteiger partial charge >= 0.3 is 0 Å². The maximum atomic E-state index is 11.7. The molecule has 0 radical (unpaired) electrons. The minimum Gasteiger partial charge on any atom is -0.368 e. The molecule has 0 aliphatic carbocycles. The van der Waals surface area contributed by atoms with Crippen LogP contribution in [0.25, 0.3) is 0 Å². The van der Waals surface area contributed by atoms with Crippen LogP contribution in [0.15, 0.2) is 30.3 Å². The summed E-state index contributed by atoms with van der Waals surface area (Å²) in [5.74, 6) is -0.290. The zero-order valence-electron chi connectivity index (χ0n) is 12.1. The van der Waals surface area contributed by atoms with Gasteiger partial charge in [0.1, 0.15) is 0 Å². The van der Waals surface area contributed by atoms with Crippen molar-refractivity contribution in [2.45, 2.75) is 25.3 Å². The number of primary amides is 1. The van der Waals surface area contributed by atoms with E-state index in [0.717, 1.165) is 19.5 Å². The molecule has 106 valence electrons. The smallest absolute Gasteiger partial charge is 0.237 e. The van der Waals surface area contributed by atoms with Gasteiger partial charge in [0, 0.05) is 13.1 Å². The molecule has 1 atom stereocenters.